The fraction of sp³-hybridized carbons (Fsp3) is 0.333. The summed E-state index contributed by atoms with van der Waals surface area (Å²) in [4.78, 5) is 24.5. The van der Waals surface area contributed by atoms with Crippen molar-refractivity contribution in [1.82, 2.24) is 4.90 Å². The van der Waals surface area contributed by atoms with E-state index in [0.29, 0.717) is 37.7 Å². The second-order valence-corrected chi connectivity index (χ2v) is 6.63. The van der Waals surface area contributed by atoms with Crippen molar-refractivity contribution in [2.75, 3.05) is 26.3 Å². The highest BCUT2D eigenvalue weighted by Crippen LogP contribution is 2.20. The molecule has 3 rings (SSSR count). The Hall–Kier alpha value is -3.09. The molecule has 1 fully saturated rings. The molecule has 6 nitrogen and oxygen atoms in total. The van der Waals surface area contributed by atoms with E-state index in [1.165, 1.54) is 12.1 Å². The number of rotatable bonds is 9. The molecule has 0 aromatic heterocycles. The van der Waals surface area contributed by atoms with Crippen LogP contribution in [0.2, 0.25) is 0 Å². The maximum Gasteiger partial charge on any atom is 0.308 e. The van der Waals surface area contributed by atoms with Crippen LogP contribution in [0, 0.1) is 11.7 Å². The molecule has 2 aromatic carbocycles. The standard InChI is InChI=1S/C21H22FNO5/c22-17-4-6-18(7-5-17)27-10-11-28-19-3-1-2-15(12-19)8-9-23-14-16(21(25)26)13-20(23)24/h1-7,12,16H,8-11,13-14H2,(H,25,26). The molecule has 0 bridgehead atoms. The van der Waals surface area contributed by atoms with Crippen LogP contribution in [0.4, 0.5) is 4.39 Å². The number of ether oxygens (including phenoxy) is 2. The fourth-order valence-corrected chi connectivity index (χ4v) is 3.06. The summed E-state index contributed by atoms with van der Waals surface area (Å²) in [5.74, 6) is -0.685. The lowest BCUT2D eigenvalue weighted by Crippen LogP contribution is -2.28. The third kappa shape index (κ3) is 5.45. The van der Waals surface area contributed by atoms with Gasteiger partial charge in [-0.2, -0.15) is 0 Å². The van der Waals surface area contributed by atoms with Crippen LogP contribution in [0.1, 0.15) is 12.0 Å². The Morgan fingerprint density at radius 3 is 2.50 bits per heavy atom. The van der Waals surface area contributed by atoms with E-state index in [9.17, 15) is 14.0 Å². The number of carbonyl (C=O) groups is 2. The zero-order valence-electron chi connectivity index (χ0n) is 15.3. The van der Waals surface area contributed by atoms with Crippen molar-refractivity contribution in [2.45, 2.75) is 12.8 Å². The van der Waals surface area contributed by atoms with E-state index in [-0.39, 0.29) is 24.7 Å². The summed E-state index contributed by atoms with van der Waals surface area (Å²) < 4.78 is 24.0. The van der Waals surface area contributed by atoms with Gasteiger partial charge in [-0.3, -0.25) is 9.59 Å². The second kappa shape index (κ2) is 9.21. The molecule has 1 saturated heterocycles. The lowest BCUT2D eigenvalue weighted by molar-refractivity contribution is -0.141. The lowest BCUT2D eigenvalue weighted by Gasteiger charge is -2.16. The van der Waals surface area contributed by atoms with Crippen molar-refractivity contribution in [3.05, 3.63) is 59.9 Å². The average molecular weight is 387 g/mol. The molecule has 0 saturated carbocycles. The Bertz CT molecular complexity index is 824. The van der Waals surface area contributed by atoms with Gasteiger partial charge in [-0.05, 0) is 48.4 Å². The molecule has 1 unspecified atom stereocenters. The number of amides is 1. The number of carbonyl (C=O) groups excluding carboxylic acids is 1. The van der Waals surface area contributed by atoms with E-state index in [0.717, 1.165) is 5.56 Å². The summed E-state index contributed by atoms with van der Waals surface area (Å²) >= 11 is 0. The van der Waals surface area contributed by atoms with Crippen LogP contribution in [-0.2, 0) is 16.0 Å². The van der Waals surface area contributed by atoms with Crippen LogP contribution >= 0.6 is 0 Å². The molecule has 7 heteroatoms. The number of likely N-dealkylation sites (tertiary alicyclic amines) is 1. The van der Waals surface area contributed by atoms with Crippen LogP contribution in [0.5, 0.6) is 11.5 Å². The average Bonchev–Trinajstić information content (AvgIpc) is 3.06. The quantitative estimate of drug-likeness (QED) is 0.670. The number of halogens is 1. The lowest BCUT2D eigenvalue weighted by atomic mass is 10.1. The van der Waals surface area contributed by atoms with Gasteiger partial charge in [0.05, 0.1) is 5.92 Å². The number of nitrogens with zero attached hydrogens (tertiary/aromatic N) is 1. The summed E-state index contributed by atoms with van der Waals surface area (Å²) in [5.41, 5.74) is 1.00. The Balaban J connectivity index is 1.43. The van der Waals surface area contributed by atoms with Crippen LogP contribution in [0.25, 0.3) is 0 Å². The molecule has 1 atom stereocenters. The molecule has 148 valence electrons. The summed E-state index contributed by atoms with van der Waals surface area (Å²) in [5, 5.41) is 9.04. The number of hydrogen-bond donors (Lipinski definition) is 1. The van der Waals surface area contributed by atoms with Gasteiger partial charge in [0.1, 0.15) is 30.5 Å². The van der Waals surface area contributed by atoms with E-state index < -0.39 is 11.9 Å². The summed E-state index contributed by atoms with van der Waals surface area (Å²) in [6.07, 6.45) is 0.702. The maximum atomic E-state index is 12.8. The van der Waals surface area contributed by atoms with Gasteiger partial charge in [-0.15, -0.1) is 0 Å². The van der Waals surface area contributed by atoms with E-state index in [1.54, 1.807) is 17.0 Å². The van der Waals surface area contributed by atoms with Gasteiger partial charge in [0.15, 0.2) is 0 Å². The molecule has 0 radical (unpaired) electrons. The minimum absolute atomic E-state index is 0.0759. The number of benzene rings is 2. The van der Waals surface area contributed by atoms with E-state index in [2.05, 4.69) is 0 Å². The predicted octanol–water partition coefficient (Wildman–Crippen LogP) is 2.76. The maximum absolute atomic E-state index is 12.8. The predicted molar refractivity (Wildman–Crippen MR) is 99.9 cm³/mol. The Morgan fingerprint density at radius 2 is 1.82 bits per heavy atom. The first-order valence-corrected chi connectivity index (χ1v) is 9.12. The first-order chi connectivity index (χ1) is 13.5. The Labute approximate surface area is 162 Å². The normalized spacial score (nSPS) is 16.2. The van der Waals surface area contributed by atoms with Gasteiger partial charge in [0.2, 0.25) is 5.91 Å². The minimum atomic E-state index is -0.922. The van der Waals surface area contributed by atoms with Crippen molar-refractivity contribution < 1.29 is 28.6 Å². The first-order valence-electron chi connectivity index (χ1n) is 9.12. The third-order valence-electron chi connectivity index (χ3n) is 4.57. The zero-order chi connectivity index (χ0) is 19.9. The summed E-state index contributed by atoms with van der Waals surface area (Å²) in [6.45, 7) is 1.42. The van der Waals surface area contributed by atoms with Crippen molar-refractivity contribution in [3.63, 3.8) is 0 Å². The molecule has 1 heterocycles. The second-order valence-electron chi connectivity index (χ2n) is 6.63. The van der Waals surface area contributed by atoms with Gasteiger partial charge in [-0.25, -0.2) is 4.39 Å². The van der Waals surface area contributed by atoms with Crippen LogP contribution in [-0.4, -0.2) is 48.2 Å². The fourth-order valence-electron chi connectivity index (χ4n) is 3.06. The molecular formula is C21H22FNO5. The van der Waals surface area contributed by atoms with E-state index in [1.807, 2.05) is 24.3 Å². The van der Waals surface area contributed by atoms with Crippen molar-refractivity contribution in [2.24, 2.45) is 5.92 Å². The molecule has 0 aliphatic carbocycles. The first kappa shape index (κ1) is 19.7. The monoisotopic (exact) mass is 387 g/mol. The summed E-state index contributed by atoms with van der Waals surface area (Å²) in [7, 11) is 0. The molecule has 28 heavy (non-hydrogen) atoms. The Kier molecular flexibility index (Phi) is 6.47. The molecule has 1 N–H and O–H groups in total. The van der Waals surface area contributed by atoms with Crippen LogP contribution in [0.15, 0.2) is 48.5 Å². The number of carboxylic acid groups (broad SMARTS) is 1. The van der Waals surface area contributed by atoms with Crippen molar-refractivity contribution in [3.8, 4) is 11.5 Å². The highest BCUT2D eigenvalue weighted by Gasteiger charge is 2.33. The zero-order valence-corrected chi connectivity index (χ0v) is 15.3. The van der Waals surface area contributed by atoms with Crippen molar-refractivity contribution >= 4 is 11.9 Å². The SMILES string of the molecule is O=C(O)C1CC(=O)N(CCc2cccc(OCCOc3ccc(F)cc3)c2)C1. The number of hydrogen-bond acceptors (Lipinski definition) is 4. The highest BCUT2D eigenvalue weighted by atomic mass is 19.1. The van der Waals surface area contributed by atoms with Gasteiger partial charge in [-0.1, -0.05) is 12.1 Å². The van der Waals surface area contributed by atoms with E-state index >= 15 is 0 Å². The number of aliphatic carboxylic acids is 1. The van der Waals surface area contributed by atoms with Crippen LogP contribution in [0.3, 0.4) is 0 Å². The van der Waals surface area contributed by atoms with Crippen LogP contribution < -0.4 is 9.47 Å². The third-order valence-corrected chi connectivity index (χ3v) is 4.57. The largest absolute Gasteiger partial charge is 0.490 e. The van der Waals surface area contributed by atoms with Gasteiger partial charge >= 0.3 is 5.97 Å². The molecule has 2 aromatic rings. The smallest absolute Gasteiger partial charge is 0.308 e. The molecule has 1 aliphatic rings. The molecule has 1 aliphatic heterocycles. The highest BCUT2D eigenvalue weighted by molar-refractivity contribution is 5.86. The Morgan fingerprint density at radius 1 is 1.11 bits per heavy atom. The van der Waals surface area contributed by atoms with Gasteiger partial charge in [0, 0.05) is 19.5 Å². The molecule has 0 spiro atoms. The molecular weight excluding hydrogens is 365 g/mol. The molecule has 1 amide bonds. The summed E-state index contributed by atoms with van der Waals surface area (Å²) in [6, 6.07) is 13.3. The van der Waals surface area contributed by atoms with E-state index in [4.69, 9.17) is 14.6 Å². The van der Waals surface area contributed by atoms with Crippen molar-refractivity contribution in [1.29, 1.82) is 0 Å². The minimum Gasteiger partial charge on any atom is -0.490 e. The van der Waals surface area contributed by atoms with Gasteiger partial charge in [0.25, 0.3) is 0 Å². The van der Waals surface area contributed by atoms with Gasteiger partial charge < -0.3 is 19.5 Å². The topological polar surface area (TPSA) is 76.1 Å². The number of carboxylic acids is 1.